The summed E-state index contributed by atoms with van der Waals surface area (Å²) in [4.78, 5) is 17.4. The molecule has 0 saturated heterocycles. The summed E-state index contributed by atoms with van der Waals surface area (Å²) in [5.41, 5.74) is 7.37. The number of fused-ring (bicyclic) bond motifs is 2. The Morgan fingerprint density at radius 3 is 2.96 bits per heavy atom. The van der Waals surface area contributed by atoms with Crippen LogP contribution in [0.2, 0.25) is 0 Å². The summed E-state index contributed by atoms with van der Waals surface area (Å²) >= 11 is 0. The molecule has 2 aromatic heterocycles. The van der Waals surface area contributed by atoms with Gasteiger partial charge >= 0.3 is 0 Å². The topological polar surface area (TPSA) is 66.0 Å². The van der Waals surface area contributed by atoms with Crippen molar-refractivity contribution in [2.75, 3.05) is 5.32 Å². The molecule has 0 atom stereocenters. The molecule has 1 fully saturated rings. The normalized spacial score (nSPS) is 16.0. The van der Waals surface area contributed by atoms with Crippen LogP contribution < -0.4 is 5.32 Å². The number of aliphatic imine (C=N–C) groups is 1. The van der Waals surface area contributed by atoms with Gasteiger partial charge in [-0.1, -0.05) is 12.1 Å². The zero-order valence-electron chi connectivity index (χ0n) is 12.9. The van der Waals surface area contributed by atoms with Crippen molar-refractivity contribution in [2.45, 2.75) is 32.4 Å². The van der Waals surface area contributed by atoms with E-state index in [0.717, 1.165) is 40.3 Å². The predicted octanol–water partition coefficient (Wildman–Crippen LogP) is 3.44. The number of aromatic amines is 1. The minimum Gasteiger partial charge on any atom is -0.366 e. The molecular weight excluding hydrogens is 286 g/mol. The van der Waals surface area contributed by atoms with E-state index < -0.39 is 0 Å². The van der Waals surface area contributed by atoms with Crippen LogP contribution in [0.15, 0.2) is 29.3 Å². The Bertz CT molecular complexity index is 949. The van der Waals surface area contributed by atoms with Gasteiger partial charge in [0, 0.05) is 34.8 Å². The Labute approximate surface area is 133 Å². The predicted molar refractivity (Wildman–Crippen MR) is 92.0 cm³/mol. The average Bonchev–Trinajstić information content (AvgIpc) is 3.09. The first-order valence-electron chi connectivity index (χ1n) is 8.04. The van der Waals surface area contributed by atoms with Crippen LogP contribution in [0.3, 0.4) is 0 Å². The third-order valence-electron chi connectivity index (χ3n) is 4.49. The van der Waals surface area contributed by atoms with E-state index in [9.17, 15) is 0 Å². The first-order chi connectivity index (χ1) is 11.3. The molecule has 2 N–H and O–H groups in total. The molecule has 0 radical (unpaired) electrons. The molecule has 1 aromatic carbocycles. The molecule has 1 aliphatic carbocycles. The number of nitrogens with zero attached hydrogens (tertiary/aromatic N) is 3. The van der Waals surface area contributed by atoms with Crippen molar-refractivity contribution in [1.29, 1.82) is 0 Å². The fourth-order valence-electron chi connectivity index (χ4n) is 3.08. The number of anilines is 1. The van der Waals surface area contributed by atoms with E-state index in [1.54, 1.807) is 0 Å². The van der Waals surface area contributed by atoms with Gasteiger partial charge in [-0.05, 0) is 31.9 Å². The first kappa shape index (κ1) is 12.8. The minimum absolute atomic E-state index is 0.568. The van der Waals surface area contributed by atoms with Crippen LogP contribution in [0.1, 0.15) is 29.8 Å². The molecule has 1 aliphatic heterocycles. The average molecular weight is 303 g/mol. The standard InChI is InChI=1S/C18H17N5/c1-10-18(21-12-5-6-12)23-17-13(3-2-4-14(17)20-10)15-7-11-8-19-9-16(11)22-15/h2-4,7-8,12,22H,5-6,9H2,1H3,(H,21,23). The van der Waals surface area contributed by atoms with Crippen LogP contribution in [-0.4, -0.2) is 27.2 Å². The molecule has 0 bridgehead atoms. The lowest BCUT2D eigenvalue weighted by molar-refractivity contribution is 1.04. The molecular formula is C18H17N5. The third kappa shape index (κ3) is 2.11. The molecule has 114 valence electrons. The lowest BCUT2D eigenvalue weighted by atomic mass is 10.1. The number of para-hydroxylation sites is 1. The summed E-state index contributed by atoms with van der Waals surface area (Å²) in [5, 5.41) is 3.49. The number of H-pyrrole nitrogens is 1. The summed E-state index contributed by atoms with van der Waals surface area (Å²) in [6, 6.07) is 8.89. The molecule has 2 aliphatic rings. The van der Waals surface area contributed by atoms with Crippen molar-refractivity contribution >= 4 is 23.1 Å². The molecule has 0 amide bonds. The van der Waals surface area contributed by atoms with Gasteiger partial charge in [-0.15, -0.1) is 0 Å². The smallest absolute Gasteiger partial charge is 0.148 e. The van der Waals surface area contributed by atoms with E-state index in [-0.39, 0.29) is 0 Å². The van der Waals surface area contributed by atoms with Crippen LogP contribution >= 0.6 is 0 Å². The van der Waals surface area contributed by atoms with Gasteiger partial charge in [0.2, 0.25) is 0 Å². The quantitative estimate of drug-likeness (QED) is 0.779. The summed E-state index contributed by atoms with van der Waals surface area (Å²) < 4.78 is 0. The summed E-state index contributed by atoms with van der Waals surface area (Å²) in [6.45, 7) is 2.75. The highest BCUT2D eigenvalue weighted by molar-refractivity contribution is 5.94. The Morgan fingerprint density at radius 2 is 2.13 bits per heavy atom. The lowest BCUT2D eigenvalue weighted by Crippen LogP contribution is -2.06. The number of hydrogen-bond acceptors (Lipinski definition) is 4. The maximum atomic E-state index is 4.89. The van der Waals surface area contributed by atoms with Crippen LogP contribution in [0.4, 0.5) is 5.82 Å². The van der Waals surface area contributed by atoms with Crippen LogP contribution in [0, 0.1) is 6.92 Å². The Kier molecular flexibility index (Phi) is 2.59. The van der Waals surface area contributed by atoms with Crippen molar-refractivity contribution < 1.29 is 0 Å². The van der Waals surface area contributed by atoms with Crippen LogP contribution in [0.5, 0.6) is 0 Å². The number of aryl methyl sites for hydroxylation is 1. The molecule has 0 spiro atoms. The molecule has 23 heavy (non-hydrogen) atoms. The third-order valence-corrected chi connectivity index (χ3v) is 4.49. The Hall–Kier alpha value is -2.69. The van der Waals surface area contributed by atoms with Gasteiger partial charge in [0.1, 0.15) is 11.3 Å². The second-order valence-corrected chi connectivity index (χ2v) is 6.34. The van der Waals surface area contributed by atoms with Gasteiger partial charge in [0.05, 0.1) is 17.8 Å². The molecule has 3 aromatic rings. The highest BCUT2D eigenvalue weighted by Gasteiger charge is 2.23. The van der Waals surface area contributed by atoms with E-state index in [1.807, 2.05) is 25.3 Å². The van der Waals surface area contributed by atoms with Gasteiger partial charge < -0.3 is 10.3 Å². The summed E-state index contributed by atoms with van der Waals surface area (Å²) in [6.07, 6.45) is 4.38. The second kappa shape index (κ2) is 4.65. The van der Waals surface area contributed by atoms with Gasteiger partial charge in [0.15, 0.2) is 0 Å². The monoisotopic (exact) mass is 303 g/mol. The van der Waals surface area contributed by atoms with E-state index in [2.05, 4.69) is 27.4 Å². The fourth-order valence-corrected chi connectivity index (χ4v) is 3.08. The maximum Gasteiger partial charge on any atom is 0.148 e. The Morgan fingerprint density at radius 1 is 1.22 bits per heavy atom. The molecule has 1 saturated carbocycles. The number of nitrogens with one attached hydrogen (secondary N) is 2. The summed E-state index contributed by atoms with van der Waals surface area (Å²) in [7, 11) is 0. The first-order valence-corrected chi connectivity index (χ1v) is 8.04. The van der Waals surface area contributed by atoms with E-state index >= 15 is 0 Å². The fraction of sp³-hybridized carbons (Fsp3) is 0.278. The van der Waals surface area contributed by atoms with E-state index in [0.29, 0.717) is 6.04 Å². The second-order valence-electron chi connectivity index (χ2n) is 6.34. The molecule has 5 nitrogen and oxygen atoms in total. The van der Waals surface area contributed by atoms with Gasteiger partial charge in [-0.25, -0.2) is 9.97 Å². The SMILES string of the molecule is Cc1nc2cccc(-c3cc4c([nH]3)CN=C4)c2nc1NC1CC1. The van der Waals surface area contributed by atoms with E-state index in [4.69, 9.17) is 9.97 Å². The van der Waals surface area contributed by atoms with Crippen LogP contribution in [-0.2, 0) is 6.54 Å². The van der Waals surface area contributed by atoms with E-state index in [1.165, 1.54) is 24.1 Å². The van der Waals surface area contributed by atoms with Crippen molar-refractivity contribution in [3.05, 3.63) is 41.2 Å². The highest BCUT2D eigenvalue weighted by atomic mass is 15.1. The Balaban J connectivity index is 1.68. The van der Waals surface area contributed by atoms with Crippen molar-refractivity contribution in [3.63, 3.8) is 0 Å². The van der Waals surface area contributed by atoms with Crippen molar-refractivity contribution in [3.8, 4) is 11.3 Å². The minimum atomic E-state index is 0.568. The number of benzene rings is 1. The number of rotatable bonds is 3. The van der Waals surface area contributed by atoms with Gasteiger partial charge in [-0.2, -0.15) is 0 Å². The molecule has 0 unspecified atom stereocenters. The molecule has 3 heterocycles. The van der Waals surface area contributed by atoms with Gasteiger partial charge in [-0.3, -0.25) is 4.99 Å². The van der Waals surface area contributed by atoms with Crippen molar-refractivity contribution in [1.82, 2.24) is 15.0 Å². The van der Waals surface area contributed by atoms with Crippen LogP contribution in [0.25, 0.3) is 22.3 Å². The largest absolute Gasteiger partial charge is 0.366 e. The lowest BCUT2D eigenvalue weighted by Gasteiger charge is -2.10. The van der Waals surface area contributed by atoms with Crippen molar-refractivity contribution in [2.24, 2.45) is 4.99 Å². The zero-order valence-corrected chi connectivity index (χ0v) is 12.9. The highest BCUT2D eigenvalue weighted by Crippen LogP contribution is 2.31. The molecule has 5 heteroatoms. The van der Waals surface area contributed by atoms with Gasteiger partial charge in [0.25, 0.3) is 0 Å². The number of aromatic nitrogens is 3. The molecule has 5 rings (SSSR count). The number of hydrogen-bond donors (Lipinski definition) is 2. The zero-order chi connectivity index (χ0) is 15.4. The summed E-state index contributed by atoms with van der Waals surface area (Å²) in [5.74, 6) is 0.910. The maximum absolute atomic E-state index is 4.89.